The highest BCUT2D eigenvalue weighted by Crippen LogP contribution is 2.14. The summed E-state index contributed by atoms with van der Waals surface area (Å²) in [5, 5.41) is 6.97. The maximum atomic E-state index is 5.05. The molecule has 0 unspecified atom stereocenters. The minimum Gasteiger partial charge on any atom is -0.336 e. The van der Waals surface area contributed by atoms with Crippen LogP contribution in [0.5, 0.6) is 0 Å². The second-order valence-corrected chi connectivity index (χ2v) is 5.25. The molecule has 1 aromatic heterocycles. The average molecular weight is 229 g/mol. The number of aromatic nitrogens is 2. The van der Waals surface area contributed by atoms with Gasteiger partial charge in [-0.3, -0.25) is 0 Å². The first-order valence-corrected chi connectivity index (χ1v) is 6.40. The van der Waals surface area contributed by atoms with Crippen molar-refractivity contribution in [1.29, 1.82) is 0 Å². The van der Waals surface area contributed by atoms with E-state index in [-0.39, 0.29) is 0 Å². The molecule has 1 N–H and O–H groups in total. The fraction of sp³-hybridized carbons (Fsp3) is 0.800. The van der Waals surface area contributed by atoms with Crippen LogP contribution < -0.4 is 5.32 Å². The third-order valence-corrected chi connectivity index (χ3v) is 2.93. The largest absolute Gasteiger partial charge is 0.336 e. The van der Waals surface area contributed by atoms with Crippen molar-refractivity contribution in [3.8, 4) is 0 Å². The Morgan fingerprint density at radius 1 is 1.33 bits per heavy atom. The summed E-state index contributed by atoms with van der Waals surface area (Å²) in [6.07, 6.45) is 0. The summed E-state index contributed by atoms with van der Waals surface area (Å²) < 4.78 is 5.05. The highest BCUT2D eigenvalue weighted by molar-refractivity contribution is 7.98. The SMILES string of the molecule is CC(C)CSCc1noc(NC(C)C)n1. The third kappa shape index (κ3) is 5.06. The van der Waals surface area contributed by atoms with Gasteiger partial charge in [0.05, 0.1) is 5.75 Å². The summed E-state index contributed by atoms with van der Waals surface area (Å²) >= 11 is 1.83. The number of rotatable bonds is 6. The molecule has 86 valence electrons. The molecule has 0 bridgehead atoms. The molecule has 0 aliphatic carbocycles. The molecule has 1 heterocycles. The molecular weight excluding hydrogens is 210 g/mol. The van der Waals surface area contributed by atoms with E-state index in [1.54, 1.807) is 0 Å². The molecule has 4 nitrogen and oxygen atoms in total. The Labute approximate surface area is 95.2 Å². The van der Waals surface area contributed by atoms with Crippen LogP contribution in [-0.2, 0) is 5.75 Å². The minimum absolute atomic E-state index is 0.321. The van der Waals surface area contributed by atoms with Gasteiger partial charge in [0, 0.05) is 6.04 Å². The van der Waals surface area contributed by atoms with Gasteiger partial charge >= 0.3 is 6.01 Å². The van der Waals surface area contributed by atoms with Crippen LogP contribution in [0.2, 0.25) is 0 Å². The van der Waals surface area contributed by atoms with Gasteiger partial charge in [0.2, 0.25) is 0 Å². The fourth-order valence-corrected chi connectivity index (χ4v) is 1.89. The molecule has 5 heteroatoms. The van der Waals surface area contributed by atoms with Crippen molar-refractivity contribution >= 4 is 17.8 Å². The van der Waals surface area contributed by atoms with Crippen molar-refractivity contribution in [1.82, 2.24) is 10.1 Å². The molecule has 0 atom stereocenters. The van der Waals surface area contributed by atoms with Crippen LogP contribution in [-0.4, -0.2) is 21.9 Å². The Morgan fingerprint density at radius 3 is 2.67 bits per heavy atom. The second kappa shape index (κ2) is 6.00. The van der Waals surface area contributed by atoms with Gasteiger partial charge in [-0.15, -0.1) is 0 Å². The van der Waals surface area contributed by atoms with Gasteiger partial charge in [0.1, 0.15) is 0 Å². The monoisotopic (exact) mass is 229 g/mol. The predicted molar refractivity (Wildman–Crippen MR) is 64.1 cm³/mol. The van der Waals surface area contributed by atoms with E-state index in [9.17, 15) is 0 Å². The molecular formula is C10H19N3OS. The smallest absolute Gasteiger partial charge is 0.321 e. The quantitative estimate of drug-likeness (QED) is 0.813. The maximum absolute atomic E-state index is 5.05. The Morgan fingerprint density at radius 2 is 2.07 bits per heavy atom. The molecule has 0 saturated carbocycles. The Kier molecular flexibility index (Phi) is 4.94. The second-order valence-electron chi connectivity index (χ2n) is 4.22. The van der Waals surface area contributed by atoms with Crippen molar-refractivity contribution in [2.75, 3.05) is 11.1 Å². The molecule has 0 fully saturated rings. The molecule has 0 saturated heterocycles. The molecule has 0 aliphatic rings. The van der Waals surface area contributed by atoms with Gasteiger partial charge in [0.25, 0.3) is 0 Å². The number of thioether (sulfide) groups is 1. The lowest BCUT2D eigenvalue weighted by Crippen LogP contribution is -2.09. The lowest BCUT2D eigenvalue weighted by molar-refractivity contribution is 0.422. The molecule has 1 rings (SSSR count). The summed E-state index contributed by atoms with van der Waals surface area (Å²) in [7, 11) is 0. The molecule has 1 aromatic rings. The van der Waals surface area contributed by atoms with E-state index < -0.39 is 0 Å². The number of hydrogen-bond acceptors (Lipinski definition) is 5. The summed E-state index contributed by atoms with van der Waals surface area (Å²) in [5.41, 5.74) is 0. The highest BCUT2D eigenvalue weighted by Gasteiger charge is 2.06. The number of anilines is 1. The van der Waals surface area contributed by atoms with Crippen LogP contribution in [0.3, 0.4) is 0 Å². The first-order valence-electron chi connectivity index (χ1n) is 5.24. The van der Waals surface area contributed by atoms with Gasteiger partial charge in [0.15, 0.2) is 5.82 Å². The normalized spacial score (nSPS) is 11.3. The van der Waals surface area contributed by atoms with Crippen molar-refractivity contribution in [2.24, 2.45) is 5.92 Å². The fourth-order valence-electron chi connectivity index (χ4n) is 1.00. The van der Waals surface area contributed by atoms with Crippen molar-refractivity contribution in [3.63, 3.8) is 0 Å². The minimum atomic E-state index is 0.321. The van der Waals surface area contributed by atoms with Crippen LogP contribution in [0.4, 0.5) is 6.01 Å². The predicted octanol–water partition coefficient (Wildman–Crippen LogP) is 2.78. The average Bonchev–Trinajstić information content (AvgIpc) is 2.50. The van der Waals surface area contributed by atoms with E-state index in [4.69, 9.17) is 4.52 Å². The van der Waals surface area contributed by atoms with Crippen molar-refractivity contribution < 1.29 is 4.52 Å². The van der Waals surface area contributed by atoms with Gasteiger partial charge in [-0.2, -0.15) is 16.7 Å². The van der Waals surface area contributed by atoms with E-state index >= 15 is 0 Å². The molecule has 0 aromatic carbocycles. The van der Waals surface area contributed by atoms with Crippen molar-refractivity contribution in [3.05, 3.63) is 5.82 Å². The lowest BCUT2D eigenvalue weighted by atomic mass is 10.3. The van der Waals surface area contributed by atoms with Gasteiger partial charge < -0.3 is 9.84 Å². The van der Waals surface area contributed by atoms with Crippen LogP contribution >= 0.6 is 11.8 Å². The molecule has 0 radical (unpaired) electrons. The number of hydrogen-bond donors (Lipinski definition) is 1. The zero-order chi connectivity index (χ0) is 11.3. The summed E-state index contributed by atoms with van der Waals surface area (Å²) in [5.74, 6) is 3.42. The molecule has 0 spiro atoms. The van der Waals surface area contributed by atoms with Gasteiger partial charge in [-0.1, -0.05) is 19.0 Å². The van der Waals surface area contributed by atoms with Crippen LogP contribution in [0, 0.1) is 5.92 Å². The van der Waals surface area contributed by atoms with Gasteiger partial charge in [-0.25, -0.2) is 0 Å². The lowest BCUT2D eigenvalue weighted by Gasteiger charge is -2.02. The molecule has 0 aliphatic heterocycles. The summed E-state index contributed by atoms with van der Waals surface area (Å²) in [4.78, 5) is 4.24. The van der Waals surface area contributed by atoms with Crippen LogP contribution in [0.1, 0.15) is 33.5 Å². The third-order valence-electron chi connectivity index (χ3n) is 1.56. The van der Waals surface area contributed by atoms with E-state index in [1.165, 1.54) is 0 Å². The first kappa shape index (κ1) is 12.4. The van der Waals surface area contributed by atoms with Crippen molar-refractivity contribution in [2.45, 2.75) is 39.5 Å². The number of nitrogens with zero attached hydrogens (tertiary/aromatic N) is 2. The zero-order valence-electron chi connectivity index (χ0n) is 9.78. The highest BCUT2D eigenvalue weighted by atomic mass is 32.2. The molecule has 15 heavy (non-hydrogen) atoms. The standard InChI is InChI=1S/C10H19N3OS/c1-7(2)5-15-6-9-12-10(14-13-9)11-8(3)4/h7-8H,5-6H2,1-4H3,(H,11,12,13). The number of nitrogens with one attached hydrogen (secondary N) is 1. The van der Waals surface area contributed by atoms with Gasteiger partial charge in [-0.05, 0) is 25.5 Å². The summed E-state index contributed by atoms with van der Waals surface area (Å²) in [6, 6.07) is 0.840. The Hall–Kier alpha value is -0.710. The Bertz CT molecular complexity index is 286. The maximum Gasteiger partial charge on any atom is 0.321 e. The van der Waals surface area contributed by atoms with Crippen LogP contribution in [0.25, 0.3) is 0 Å². The van der Waals surface area contributed by atoms with Crippen LogP contribution in [0.15, 0.2) is 4.52 Å². The van der Waals surface area contributed by atoms with E-state index in [1.807, 2.05) is 25.6 Å². The Balaban J connectivity index is 2.33. The van der Waals surface area contributed by atoms with E-state index in [0.717, 1.165) is 17.3 Å². The first-order chi connectivity index (χ1) is 7.08. The molecule has 0 amide bonds. The topological polar surface area (TPSA) is 51.0 Å². The summed E-state index contributed by atoms with van der Waals surface area (Å²) in [6.45, 7) is 8.48. The zero-order valence-corrected chi connectivity index (χ0v) is 10.6. The van der Waals surface area contributed by atoms with E-state index in [0.29, 0.717) is 18.0 Å². The van der Waals surface area contributed by atoms with E-state index in [2.05, 4.69) is 29.3 Å².